The van der Waals surface area contributed by atoms with Crippen molar-refractivity contribution in [3.63, 3.8) is 0 Å². The number of hydrogen-bond acceptors (Lipinski definition) is 6. The highest BCUT2D eigenvalue weighted by molar-refractivity contribution is 7.89. The van der Waals surface area contributed by atoms with Crippen LogP contribution in [0.3, 0.4) is 0 Å². The van der Waals surface area contributed by atoms with Gasteiger partial charge < -0.3 is 4.74 Å². The molecule has 2 rings (SSSR count). The van der Waals surface area contributed by atoms with E-state index in [1.54, 1.807) is 18.2 Å². The minimum atomic E-state index is -4.18. The van der Waals surface area contributed by atoms with E-state index in [-0.39, 0.29) is 18.0 Å². The van der Waals surface area contributed by atoms with E-state index >= 15 is 0 Å². The molecule has 0 aliphatic rings. The summed E-state index contributed by atoms with van der Waals surface area (Å²) >= 11 is 0. The van der Waals surface area contributed by atoms with E-state index < -0.39 is 21.0 Å². The Hall–Kier alpha value is -2.26. The fraction of sp³-hybridized carbons (Fsp3) is 0.250. The number of esters is 1. The lowest BCUT2D eigenvalue weighted by atomic mass is 10.3. The molecule has 0 fully saturated rings. The van der Waals surface area contributed by atoms with Gasteiger partial charge in [-0.3, -0.25) is 0 Å². The lowest BCUT2D eigenvalue weighted by molar-refractivity contribution is 0.0500. The molecular formula is C12H14N4O4S. The van der Waals surface area contributed by atoms with E-state index in [9.17, 15) is 13.2 Å². The number of hydrogen-bond donors (Lipinski definition) is 1. The number of rotatable bonds is 5. The Bertz CT molecular complexity index is 740. The molecule has 0 atom stereocenters. The van der Waals surface area contributed by atoms with E-state index in [0.717, 1.165) is 10.9 Å². The maximum absolute atomic E-state index is 11.9. The van der Waals surface area contributed by atoms with Crippen LogP contribution in [0.4, 0.5) is 0 Å². The van der Waals surface area contributed by atoms with Crippen molar-refractivity contribution in [3.05, 3.63) is 36.2 Å². The summed E-state index contributed by atoms with van der Waals surface area (Å²) in [5, 5.41) is 8.62. The topological polar surface area (TPSA) is 117 Å². The standard InChI is InChI=1S/C12H14N4O4S/c1-2-7-20-12(17)9-8-15-16(11(9)21(13,18)19)10-5-3-4-6-14-10/h3-6,8H,2,7H2,1H3,(H2,13,18,19). The highest BCUT2D eigenvalue weighted by Crippen LogP contribution is 2.18. The van der Waals surface area contributed by atoms with Crippen molar-refractivity contribution < 1.29 is 17.9 Å². The van der Waals surface area contributed by atoms with Gasteiger partial charge >= 0.3 is 5.97 Å². The van der Waals surface area contributed by atoms with E-state index in [1.807, 2.05) is 6.92 Å². The molecule has 0 aliphatic heterocycles. The molecule has 0 saturated carbocycles. The second kappa shape index (κ2) is 6.02. The minimum absolute atomic E-state index is 0.178. The maximum Gasteiger partial charge on any atom is 0.342 e. The van der Waals surface area contributed by atoms with Crippen LogP contribution in [-0.4, -0.2) is 35.8 Å². The second-order valence-electron chi connectivity index (χ2n) is 4.14. The lowest BCUT2D eigenvalue weighted by Crippen LogP contribution is -2.21. The highest BCUT2D eigenvalue weighted by Gasteiger charge is 2.27. The van der Waals surface area contributed by atoms with Crippen molar-refractivity contribution in [1.29, 1.82) is 0 Å². The predicted molar refractivity (Wildman–Crippen MR) is 73.3 cm³/mol. The van der Waals surface area contributed by atoms with Gasteiger partial charge in [0.1, 0.15) is 5.56 Å². The van der Waals surface area contributed by atoms with Gasteiger partial charge in [-0.25, -0.2) is 28.0 Å². The average molecular weight is 310 g/mol. The monoisotopic (exact) mass is 310 g/mol. The molecule has 112 valence electrons. The summed E-state index contributed by atoms with van der Waals surface area (Å²) in [5.74, 6) is -0.556. The Morgan fingerprint density at radius 1 is 1.43 bits per heavy atom. The Morgan fingerprint density at radius 2 is 2.19 bits per heavy atom. The van der Waals surface area contributed by atoms with Gasteiger partial charge in [0.25, 0.3) is 10.0 Å². The van der Waals surface area contributed by atoms with Crippen LogP contribution in [-0.2, 0) is 14.8 Å². The van der Waals surface area contributed by atoms with Gasteiger partial charge in [-0.1, -0.05) is 13.0 Å². The third-order valence-electron chi connectivity index (χ3n) is 2.52. The first-order chi connectivity index (χ1) is 9.95. The normalized spacial score (nSPS) is 11.3. The Labute approximate surface area is 121 Å². The first-order valence-electron chi connectivity index (χ1n) is 6.14. The number of sulfonamides is 1. The number of carbonyl (C=O) groups excluding carboxylic acids is 1. The molecule has 0 amide bonds. The van der Waals surface area contributed by atoms with Crippen molar-refractivity contribution >= 4 is 16.0 Å². The third kappa shape index (κ3) is 3.26. The van der Waals surface area contributed by atoms with Crippen LogP contribution in [0.25, 0.3) is 5.82 Å². The van der Waals surface area contributed by atoms with Gasteiger partial charge in [0.15, 0.2) is 10.8 Å². The molecular weight excluding hydrogens is 296 g/mol. The molecule has 8 nitrogen and oxygen atoms in total. The fourth-order valence-electron chi connectivity index (χ4n) is 1.67. The molecule has 0 saturated heterocycles. The van der Waals surface area contributed by atoms with Crippen LogP contribution in [0.5, 0.6) is 0 Å². The van der Waals surface area contributed by atoms with Crippen molar-refractivity contribution in [3.8, 4) is 5.82 Å². The van der Waals surface area contributed by atoms with Crippen molar-refractivity contribution in [1.82, 2.24) is 14.8 Å². The van der Waals surface area contributed by atoms with Crippen LogP contribution >= 0.6 is 0 Å². The van der Waals surface area contributed by atoms with Gasteiger partial charge in [0.05, 0.1) is 12.8 Å². The summed E-state index contributed by atoms with van der Waals surface area (Å²) in [4.78, 5) is 15.9. The summed E-state index contributed by atoms with van der Waals surface area (Å²) < 4.78 is 29.5. The Morgan fingerprint density at radius 3 is 2.76 bits per heavy atom. The van der Waals surface area contributed by atoms with E-state index in [4.69, 9.17) is 9.88 Å². The summed E-state index contributed by atoms with van der Waals surface area (Å²) in [7, 11) is -4.18. The molecule has 0 aromatic carbocycles. The van der Waals surface area contributed by atoms with Crippen LogP contribution in [0, 0.1) is 0 Å². The largest absolute Gasteiger partial charge is 0.462 e. The van der Waals surface area contributed by atoms with Gasteiger partial charge in [0.2, 0.25) is 0 Å². The van der Waals surface area contributed by atoms with Crippen LogP contribution in [0.1, 0.15) is 23.7 Å². The van der Waals surface area contributed by atoms with E-state index in [2.05, 4.69) is 10.1 Å². The third-order valence-corrected chi connectivity index (χ3v) is 3.45. The lowest BCUT2D eigenvalue weighted by Gasteiger charge is -2.06. The second-order valence-corrected chi connectivity index (χ2v) is 5.62. The number of nitrogens with zero attached hydrogens (tertiary/aromatic N) is 3. The number of primary sulfonamides is 1. The van der Waals surface area contributed by atoms with Gasteiger partial charge in [-0.05, 0) is 18.6 Å². The summed E-state index contributed by atoms with van der Waals surface area (Å²) in [6.07, 6.45) is 3.19. The number of carbonyl (C=O) groups is 1. The summed E-state index contributed by atoms with van der Waals surface area (Å²) in [6.45, 7) is 2.00. The fourth-order valence-corrected chi connectivity index (χ4v) is 2.49. The molecule has 9 heteroatoms. The van der Waals surface area contributed by atoms with Crippen LogP contribution in [0.15, 0.2) is 35.6 Å². The molecule has 0 unspecified atom stereocenters. The highest BCUT2D eigenvalue weighted by atomic mass is 32.2. The van der Waals surface area contributed by atoms with Crippen molar-refractivity contribution in [2.24, 2.45) is 5.14 Å². The average Bonchev–Trinajstić information content (AvgIpc) is 2.90. The summed E-state index contributed by atoms with van der Waals surface area (Å²) in [6, 6.07) is 4.87. The zero-order valence-electron chi connectivity index (χ0n) is 11.3. The van der Waals surface area contributed by atoms with Crippen LogP contribution in [0.2, 0.25) is 0 Å². The van der Waals surface area contributed by atoms with Gasteiger partial charge in [0, 0.05) is 6.20 Å². The number of aromatic nitrogens is 3. The van der Waals surface area contributed by atoms with E-state index in [1.165, 1.54) is 6.20 Å². The Balaban J connectivity index is 2.55. The molecule has 0 radical (unpaired) electrons. The zero-order valence-corrected chi connectivity index (χ0v) is 12.1. The van der Waals surface area contributed by atoms with E-state index in [0.29, 0.717) is 6.42 Å². The predicted octanol–water partition coefficient (Wildman–Crippen LogP) is 0.482. The smallest absolute Gasteiger partial charge is 0.342 e. The van der Waals surface area contributed by atoms with Crippen LogP contribution < -0.4 is 5.14 Å². The molecule has 2 N–H and O–H groups in total. The number of pyridine rings is 1. The molecule has 2 aromatic heterocycles. The molecule has 0 bridgehead atoms. The quantitative estimate of drug-likeness (QED) is 0.803. The van der Waals surface area contributed by atoms with Crippen molar-refractivity contribution in [2.75, 3.05) is 6.61 Å². The molecule has 0 spiro atoms. The molecule has 21 heavy (non-hydrogen) atoms. The Kier molecular flexibility index (Phi) is 4.34. The molecule has 2 aromatic rings. The maximum atomic E-state index is 11.9. The van der Waals surface area contributed by atoms with Gasteiger partial charge in [-0.2, -0.15) is 5.10 Å². The minimum Gasteiger partial charge on any atom is -0.462 e. The number of nitrogens with two attached hydrogens (primary N) is 1. The first kappa shape index (κ1) is 15.1. The van der Waals surface area contributed by atoms with Gasteiger partial charge in [-0.15, -0.1) is 0 Å². The molecule has 2 heterocycles. The molecule has 0 aliphatic carbocycles. The first-order valence-corrected chi connectivity index (χ1v) is 7.69. The zero-order chi connectivity index (χ0) is 15.5. The number of ether oxygens (including phenoxy) is 1. The summed E-state index contributed by atoms with van der Waals surface area (Å²) in [5.41, 5.74) is -0.211. The SMILES string of the molecule is CCCOC(=O)c1cnn(-c2ccccn2)c1S(N)(=O)=O. The van der Waals surface area contributed by atoms with Crippen molar-refractivity contribution in [2.45, 2.75) is 18.4 Å².